The number of hydrogen-bond donors (Lipinski definition) is 1. The van der Waals surface area contributed by atoms with Gasteiger partial charge in [-0.1, -0.05) is 30.3 Å². The van der Waals surface area contributed by atoms with Crippen molar-refractivity contribution < 1.29 is 9.59 Å². The van der Waals surface area contributed by atoms with Gasteiger partial charge in [-0.05, 0) is 31.2 Å². The fourth-order valence-electron chi connectivity index (χ4n) is 4.34. The summed E-state index contributed by atoms with van der Waals surface area (Å²) in [6.45, 7) is 2.47. The molecule has 1 aliphatic carbocycles. The van der Waals surface area contributed by atoms with Crippen molar-refractivity contribution in [2.75, 3.05) is 26.2 Å². The number of nitrogens with one attached hydrogen (secondary N) is 1. The molecule has 6 nitrogen and oxygen atoms in total. The Morgan fingerprint density at radius 3 is 2.56 bits per heavy atom. The normalized spacial score (nSPS) is 24.6. The van der Waals surface area contributed by atoms with Crippen molar-refractivity contribution in [2.24, 2.45) is 5.92 Å². The fraction of sp³-hybridized carbons (Fsp3) is 0.571. The van der Waals surface area contributed by atoms with E-state index in [1.807, 2.05) is 35.2 Å². The van der Waals surface area contributed by atoms with Crippen molar-refractivity contribution in [3.63, 3.8) is 0 Å². The van der Waals surface area contributed by atoms with Gasteiger partial charge in [0.2, 0.25) is 5.91 Å². The van der Waals surface area contributed by atoms with E-state index in [0.29, 0.717) is 44.9 Å². The van der Waals surface area contributed by atoms with E-state index in [-0.39, 0.29) is 17.9 Å². The molecule has 1 N–H and O–H groups in total. The summed E-state index contributed by atoms with van der Waals surface area (Å²) in [6.07, 6.45) is 4.10. The number of likely N-dealkylation sites (tertiary alicyclic amines) is 2. The van der Waals surface area contributed by atoms with Gasteiger partial charge in [0, 0.05) is 44.6 Å². The largest absolute Gasteiger partial charge is 0.339 e. The molecular weight excluding hydrogens is 340 g/mol. The molecule has 0 aromatic heterocycles. The monoisotopic (exact) mass is 366 g/mol. The Bertz CT molecular complexity index is 745. The molecule has 3 amide bonds. The average Bonchev–Trinajstić information content (AvgIpc) is 3.49. The number of carbonyl (C=O) groups excluding carboxylic acids is 2. The molecule has 0 radical (unpaired) electrons. The highest BCUT2D eigenvalue weighted by molar-refractivity contribution is 5.79. The van der Waals surface area contributed by atoms with Crippen molar-refractivity contribution >= 4 is 11.9 Å². The molecule has 142 valence electrons. The van der Waals surface area contributed by atoms with Crippen LogP contribution in [0.1, 0.15) is 37.7 Å². The summed E-state index contributed by atoms with van der Waals surface area (Å²) < 4.78 is 0. The Hall–Kier alpha value is -2.55. The summed E-state index contributed by atoms with van der Waals surface area (Å²) in [4.78, 5) is 28.3. The SMILES string of the molecule is N#CC1(c2ccccc2)CCN(C(=O)NC[C@H]2CC(=O)N(C3CC3)C2)CC1. The number of urea groups is 1. The zero-order chi connectivity index (χ0) is 18.9. The molecule has 0 spiro atoms. The first-order valence-electron chi connectivity index (χ1n) is 9.90. The molecule has 0 unspecified atom stereocenters. The first kappa shape index (κ1) is 17.8. The second-order valence-corrected chi connectivity index (χ2v) is 8.08. The van der Waals surface area contributed by atoms with Gasteiger partial charge in [-0.3, -0.25) is 4.79 Å². The smallest absolute Gasteiger partial charge is 0.317 e. The third-order valence-corrected chi connectivity index (χ3v) is 6.21. The van der Waals surface area contributed by atoms with Crippen LogP contribution in [0.5, 0.6) is 0 Å². The second kappa shape index (κ2) is 7.22. The standard InChI is InChI=1S/C21H26N4O2/c22-15-21(17-4-2-1-3-5-17)8-10-24(11-9-21)20(27)23-13-16-12-19(26)25(14-16)18-6-7-18/h1-5,16,18H,6-14H2,(H,23,27)/t16-/m1/s1. The van der Waals surface area contributed by atoms with Crippen LogP contribution in [-0.2, 0) is 10.2 Å². The zero-order valence-corrected chi connectivity index (χ0v) is 15.6. The molecule has 1 atom stereocenters. The number of nitriles is 1. The summed E-state index contributed by atoms with van der Waals surface area (Å²) in [7, 11) is 0. The maximum absolute atomic E-state index is 12.5. The Morgan fingerprint density at radius 2 is 1.93 bits per heavy atom. The van der Waals surface area contributed by atoms with Crippen LogP contribution < -0.4 is 5.32 Å². The van der Waals surface area contributed by atoms with Gasteiger partial charge < -0.3 is 15.1 Å². The Kier molecular flexibility index (Phi) is 4.77. The van der Waals surface area contributed by atoms with Crippen LogP contribution in [0.4, 0.5) is 4.79 Å². The summed E-state index contributed by atoms with van der Waals surface area (Å²) in [5.41, 5.74) is 0.540. The van der Waals surface area contributed by atoms with Crippen LogP contribution in [-0.4, -0.2) is 54.0 Å². The average molecular weight is 366 g/mol. The zero-order valence-electron chi connectivity index (χ0n) is 15.6. The van der Waals surface area contributed by atoms with E-state index in [1.54, 1.807) is 4.90 Å². The Labute approximate surface area is 160 Å². The summed E-state index contributed by atoms with van der Waals surface area (Å²) >= 11 is 0. The highest BCUT2D eigenvalue weighted by Crippen LogP contribution is 2.35. The Morgan fingerprint density at radius 1 is 1.22 bits per heavy atom. The van der Waals surface area contributed by atoms with Gasteiger partial charge in [-0.15, -0.1) is 0 Å². The highest BCUT2D eigenvalue weighted by Gasteiger charge is 2.40. The maximum atomic E-state index is 12.5. The number of benzene rings is 1. The van der Waals surface area contributed by atoms with E-state index in [0.717, 1.165) is 24.9 Å². The lowest BCUT2D eigenvalue weighted by Gasteiger charge is -2.37. The molecular formula is C21H26N4O2. The Balaban J connectivity index is 1.28. The molecule has 2 heterocycles. The molecule has 27 heavy (non-hydrogen) atoms. The van der Waals surface area contributed by atoms with Crippen LogP contribution >= 0.6 is 0 Å². The van der Waals surface area contributed by atoms with Crippen LogP contribution in [0.2, 0.25) is 0 Å². The molecule has 1 aromatic rings. The minimum Gasteiger partial charge on any atom is -0.339 e. The van der Waals surface area contributed by atoms with E-state index in [9.17, 15) is 14.9 Å². The van der Waals surface area contributed by atoms with Crippen molar-refractivity contribution in [2.45, 2.75) is 43.6 Å². The number of piperidine rings is 1. The third kappa shape index (κ3) is 3.64. The first-order chi connectivity index (χ1) is 13.1. The lowest BCUT2D eigenvalue weighted by Crippen LogP contribution is -2.49. The van der Waals surface area contributed by atoms with Crippen molar-refractivity contribution in [1.29, 1.82) is 5.26 Å². The van der Waals surface area contributed by atoms with Gasteiger partial charge in [0.15, 0.2) is 0 Å². The first-order valence-corrected chi connectivity index (χ1v) is 9.90. The number of nitrogens with zero attached hydrogens (tertiary/aromatic N) is 3. The minimum atomic E-state index is -0.499. The molecule has 1 aromatic carbocycles. The number of rotatable bonds is 4. The van der Waals surface area contributed by atoms with Crippen LogP contribution in [0.3, 0.4) is 0 Å². The van der Waals surface area contributed by atoms with Gasteiger partial charge >= 0.3 is 6.03 Å². The van der Waals surface area contributed by atoms with E-state index in [2.05, 4.69) is 11.4 Å². The maximum Gasteiger partial charge on any atom is 0.317 e. The predicted octanol–water partition coefficient (Wildman–Crippen LogP) is 2.26. The third-order valence-electron chi connectivity index (χ3n) is 6.21. The lowest BCUT2D eigenvalue weighted by molar-refractivity contribution is -0.128. The quantitative estimate of drug-likeness (QED) is 0.888. The minimum absolute atomic E-state index is 0.0769. The van der Waals surface area contributed by atoms with Gasteiger partial charge in [-0.25, -0.2) is 4.79 Å². The predicted molar refractivity (Wildman–Crippen MR) is 101 cm³/mol. The van der Waals surface area contributed by atoms with Crippen molar-refractivity contribution in [3.05, 3.63) is 35.9 Å². The molecule has 2 saturated heterocycles. The summed E-state index contributed by atoms with van der Waals surface area (Å²) in [5.74, 6) is 0.450. The molecule has 1 saturated carbocycles. The van der Waals surface area contributed by atoms with Gasteiger partial charge in [0.25, 0.3) is 0 Å². The topological polar surface area (TPSA) is 76.4 Å². The highest BCUT2D eigenvalue weighted by atomic mass is 16.2. The summed E-state index contributed by atoms with van der Waals surface area (Å²) in [6, 6.07) is 12.7. The molecule has 6 heteroatoms. The number of carbonyl (C=O) groups is 2. The molecule has 4 rings (SSSR count). The van der Waals surface area contributed by atoms with Crippen LogP contribution in [0.15, 0.2) is 30.3 Å². The van der Waals surface area contributed by atoms with Gasteiger partial charge in [0.1, 0.15) is 0 Å². The van der Waals surface area contributed by atoms with Crippen LogP contribution in [0, 0.1) is 17.2 Å². The van der Waals surface area contributed by atoms with E-state index in [1.165, 1.54) is 0 Å². The molecule has 0 bridgehead atoms. The van der Waals surface area contributed by atoms with Crippen LogP contribution in [0.25, 0.3) is 0 Å². The number of amides is 3. The molecule has 2 aliphatic heterocycles. The molecule has 3 fully saturated rings. The van der Waals surface area contributed by atoms with Gasteiger partial charge in [-0.2, -0.15) is 5.26 Å². The molecule has 3 aliphatic rings. The lowest BCUT2D eigenvalue weighted by atomic mass is 9.74. The van der Waals surface area contributed by atoms with E-state index >= 15 is 0 Å². The van der Waals surface area contributed by atoms with Crippen molar-refractivity contribution in [3.8, 4) is 6.07 Å². The van der Waals surface area contributed by atoms with E-state index < -0.39 is 5.41 Å². The number of hydrogen-bond acceptors (Lipinski definition) is 3. The second-order valence-electron chi connectivity index (χ2n) is 8.08. The van der Waals surface area contributed by atoms with Crippen molar-refractivity contribution in [1.82, 2.24) is 15.1 Å². The summed E-state index contributed by atoms with van der Waals surface area (Å²) in [5, 5.41) is 12.8. The van der Waals surface area contributed by atoms with Gasteiger partial charge in [0.05, 0.1) is 11.5 Å². The van der Waals surface area contributed by atoms with E-state index in [4.69, 9.17) is 0 Å². The fourth-order valence-corrected chi connectivity index (χ4v) is 4.34.